The second kappa shape index (κ2) is 4.80. The zero-order valence-corrected chi connectivity index (χ0v) is 6.72. The highest BCUT2D eigenvalue weighted by Crippen LogP contribution is 2.25. The SMILES string of the molecule is CC1CC(O)C1.CCC. The normalized spacial score (nSPS) is 32.0. The molecule has 1 fully saturated rings. The van der Waals surface area contributed by atoms with Gasteiger partial charge in [-0.1, -0.05) is 27.2 Å². The van der Waals surface area contributed by atoms with Gasteiger partial charge in [0.15, 0.2) is 0 Å². The van der Waals surface area contributed by atoms with Crippen molar-refractivity contribution in [2.75, 3.05) is 0 Å². The van der Waals surface area contributed by atoms with Crippen LogP contribution in [0.25, 0.3) is 0 Å². The molecule has 1 rings (SSSR count). The van der Waals surface area contributed by atoms with Crippen molar-refractivity contribution in [2.24, 2.45) is 5.92 Å². The van der Waals surface area contributed by atoms with Crippen LogP contribution in [0.4, 0.5) is 0 Å². The number of aliphatic hydroxyl groups excluding tert-OH is 1. The van der Waals surface area contributed by atoms with E-state index in [1.54, 1.807) is 0 Å². The predicted molar refractivity (Wildman–Crippen MR) is 40.4 cm³/mol. The van der Waals surface area contributed by atoms with E-state index >= 15 is 0 Å². The molecule has 0 unspecified atom stereocenters. The summed E-state index contributed by atoms with van der Waals surface area (Å²) in [5.41, 5.74) is 0. The van der Waals surface area contributed by atoms with Gasteiger partial charge in [-0.05, 0) is 18.8 Å². The van der Waals surface area contributed by atoms with Crippen molar-refractivity contribution in [3.8, 4) is 0 Å². The summed E-state index contributed by atoms with van der Waals surface area (Å²) in [7, 11) is 0. The highest BCUT2D eigenvalue weighted by Gasteiger charge is 2.21. The van der Waals surface area contributed by atoms with Crippen LogP contribution in [0.2, 0.25) is 0 Å². The lowest BCUT2D eigenvalue weighted by Crippen LogP contribution is -2.25. The van der Waals surface area contributed by atoms with Gasteiger partial charge in [-0.3, -0.25) is 0 Å². The van der Waals surface area contributed by atoms with Crippen molar-refractivity contribution in [2.45, 2.75) is 46.1 Å². The fourth-order valence-corrected chi connectivity index (χ4v) is 0.860. The molecule has 0 aromatic rings. The van der Waals surface area contributed by atoms with Crippen molar-refractivity contribution in [1.29, 1.82) is 0 Å². The average Bonchev–Trinajstić information content (AvgIpc) is 1.65. The van der Waals surface area contributed by atoms with Gasteiger partial charge in [0.1, 0.15) is 0 Å². The number of rotatable bonds is 0. The number of hydrogen-bond acceptors (Lipinski definition) is 1. The molecule has 0 atom stereocenters. The molecule has 0 heterocycles. The minimum Gasteiger partial charge on any atom is -0.393 e. The quantitative estimate of drug-likeness (QED) is 0.533. The Bertz CT molecular complexity index is 49.6. The van der Waals surface area contributed by atoms with Crippen molar-refractivity contribution in [1.82, 2.24) is 0 Å². The highest BCUT2D eigenvalue weighted by molar-refractivity contribution is 4.73. The molecule has 0 amide bonds. The maximum Gasteiger partial charge on any atom is 0.0545 e. The van der Waals surface area contributed by atoms with Crippen molar-refractivity contribution in [3.63, 3.8) is 0 Å². The average molecular weight is 130 g/mol. The molecule has 1 N–H and O–H groups in total. The topological polar surface area (TPSA) is 20.2 Å². The Morgan fingerprint density at radius 1 is 1.33 bits per heavy atom. The molecule has 0 aliphatic heterocycles. The van der Waals surface area contributed by atoms with Gasteiger partial charge in [0.2, 0.25) is 0 Å². The first-order valence-electron chi connectivity index (χ1n) is 3.88. The van der Waals surface area contributed by atoms with E-state index in [1.807, 2.05) is 0 Å². The Morgan fingerprint density at radius 3 is 1.67 bits per heavy atom. The number of hydrogen-bond donors (Lipinski definition) is 1. The molecule has 0 aromatic carbocycles. The third-order valence-corrected chi connectivity index (χ3v) is 1.35. The van der Waals surface area contributed by atoms with Crippen molar-refractivity contribution >= 4 is 0 Å². The van der Waals surface area contributed by atoms with Crippen LogP contribution < -0.4 is 0 Å². The lowest BCUT2D eigenvalue weighted by atomic mass is 9.84. The Balaban J connectivity index is 0.000000187. The van der Waals surface area contributed by atoms with Gasteiger partial charge >= 0.3 is 0 Å². The first kappa shape index (κ1) is 8.96. The summed E-state index contributed by atoms with van der Waals surface area (Å²) in [6, 6.07) is 0. The summed E-state index contributed by atoms with van der Waals surface area (Å²) in [6.07, 6.45) is 3.35. The second-order valence-corrected chi connectivity index (χ2v) is 2.94. The fourth-order valence-electron chi connectivity index (χ4n) is 0.860. The first-order chi connectivity index (χ1) is 4.20. The lowest BCUT2D eigenvalue weighted by molar-refractivity contribution is 0.0513. The maximum atomic E-state index is 8.62. The molecule has 9 heavy (non-hydrogen) atoms. The standard InChI is InChI=1S/C5H10O.C3H8/c1-4-2-5(6)3-4;1-3-2/h4-6H,2-3H2,1H3;3H2,1-2H3. The largest absolute Gasteiger partial charge is 0.393 e. The van der Waals surface area contributed by atoms with E-state index in [0.29, 0.717) is 0 Å². The monoisotopic (exact) mass is 130 g/mol. The van der Waals surface area contributed by atoms with Crippen molar-refractivity contribution in [3.05, 3.63) is 0 Å². The molecule has 1 nitrogen and oxygen atoms in total. The van der Waals surface area contributed by atoms with Crippen LogP contribution in [0.5, 0.6) is 0 Å². The zero-order valence-electron chi connectivity index (χ0n) is 6.72. The molecule has 1 saturated carbocycles. The van der Waals surface area contributed by atoms with E-state index in [2.05, 4.69) is 20.8 Å². The third-order valence-electron chi connectivity index (χ3n) is 1.35. The van der Waals surface area contributed by atoms with Gasteiger partial charge in [0.05, 0.1) is 6.10 Å². The van der Waals surface area contributed by atoms with Crippen LogP contribution in [-0.4, -0.2) is 11.2 Å². The van der Waals surface area contributed by atoms with Crippen LogP contribution in [0.15, 0.2) is 0 Å². The minimum atomic E-state index is 0.0417. The van der Waals surface area contributed by atoms with Crippen LogP contribution in [0.1, 0.15) is 40.0 Å². The molecular weight excluding hydrogens is 112 g/mol. The smallest absolute Gasteiger partial charge is 0.0545 e. The van der Waals surface area contributed by atoms with E-state index in [-0.39, 0.29) is 6.10 Å². The third kappa shape index (κ3) is 4.46. The summed E-state index contributed by atoms with van der Waals surface area (Å²) in [6.45, 7) is 6.41. The van der Waals surface area contributed by atoms with Crippen LogP contribution in [0, 0.1) is 5.92 Å². The molecular formula is C8H18O. The van der Waals surface area contributed by atoms with E-state index in [0.717, 1.165) is 18.8 Å². The van der Waals surface area contributed by atoms with Gasteiger partial charge < -0.3 is 5.11 Å². The summed E-state index contributed by atoms with van der Waals surface area (Å²) < 4.78 is 0. The molecule has 1 aliphatic carbocycles. The molecule has 0 aromatic heterocycles. The highest BCUT2D eigenvalue weighted by atomic mass is 16.3. The summed E-state index contributed by atoms with van der Waals surface area (Å²) in [5, 5.41) is 8.62. The van der Waals surface area contributed by atoms with Crippen LogP contribution >= 0.6 is 0 Å². The summed E-state index contributed by atoms with van der Waals surface area (Å²) in [4.78, 5) is 0. The zero-order chi connectivity index (χ0) is 7.28. The Hall–Kier alpha value is -0.0400. The lowest BCUT2D eigenvalue weighted by Gasteiger charge is -2.27. The van der Waals surface area contributed by atoms with E-state index in [4.69, 9.17) is 5.11 Å². The number of aliphatic hydroxyl groups is 1. The molecule has 0 spiro atoms. The molecule has 0 saturated heterocycles. The molecule has 1 heteroatoms. The molecule has 1 aliphatic rings. The van der Waals surface area contributed by atoms with E-state index < -0.39 is 0 Å². The molecule has 56 valence electrons. The van der Waals surface area contributed by atoms with Crippen molar-refractivity contribution < 1.29 is 5.11 Å². The Morgan fingerprint density at radius 2 is 1.67 bits per heavy atom. The summed E-state index contributed by atoms with van der Waals surface area (Å²) >= 11 is 0. The van der Waals surface area contributed by atoms with Gasteiger partial charge in [-0.2, -0.15) is 0 Å². The maximum absolute atomic E-state index is 8.62. The van der Waals surface area contributed by atoms with E-state index in [1.165, 1.54) is 6.42 Å². The van der Waals surface area contributed by atoms with Crippen LogP contribution in [-0.2, 0) is 0 Å². The Kier molecular flexibility index (Phi) is 4.78. The first-order valence-corrected chi connectivity index (χ1v) is 3.88. The second-order valence-electron chi connectivity index (χ2n) is 2.94. The van der Waals surface area contributed by atoms with Gasteiger partial charge in [0.25, 0.3) is 0 Å². The summed E-state index contributed by atoms with van der Waals surface area (Å²) in [5.74, 6) is 0.792. The predicted octanol–water partition coefficient (Wildman–Crippen LogP) is 2.19. The van der Waals surface area contributed by atoms with Gasteiger partial charge in [-0.25, -0.2) is 0 Å². The molecule has 0 bridgehead atoms. The molecule has 0 radical (unpaired) electrons. The minimum absolute atomic E-state index is 0.0417. The van der Waals surface area contributed by atoms with Gasteiger partial charge in [-0.15, -0.1) is 0 Å². The Labute approximate surface area is 58.1 Å². The fraction of sp³-hybridized carbons (Fsp3) is 1.00. The van der Waals surface area contributed by atoms with Crippen LogP contribution in [0.3, 0.4) is 0 Å². The van der Waals surface area contributed by atoms with Gasteiger partial charge in [0, 0.05) is 0 Å². The van der Waals surface area contributed by atoms with E-state index in [9.17, 15) is 0 Å².